The first-order valence-electron chi connectivity index (χ1n) is 7.32. The average molecular weight is 312 g/mol. The largest absolute Gasteiger partial charge is 0.379 e. The van der Waals surface area contributed by atoms with Crippen LogP contribution in [0.25, 0.3) is 0 Å². The minimum Gasteiger partial charge on any atom is -0.379 e. The Morgan fingerprint density at radius 3 is 2.57 bits per heavy atom. The van der Waals surface area contributed by atoms with Gasteiger partial charge in [0.2, 0.25) is 10.0 Å². The van der Waals surface area contributed by atoms with E-state index in [1.54, 1.807) is 6.07 Å². The molecule has 0 aromatic heterocycles. The van der Waals surface area contributed by atoms with Gasteiger partial charge in [0.05, 0.1) is 18.1 Å². The van der Waals surface area contributed by atoms with Crippen molar-refractivity contribution >= 4 is 10.0 Å². The van der Waals surface area contributed by atoms with E-state index in [-0.39, 0.29) is 0 Å². The third kappa shape index (κ3) is 4.03. The fraction of sp³-hybridized carbons (Fsp3) is 0.600. The minimum atomic E-state index is -3.43. The summed E-state index contributed by atoms with van der Waals surface area (Å²) in [6.45, 7) is 8.43. The summed E-state index contributed by atoms with van der Waals surface area (Å²) in [6.07, 6.45) is 0. The summed E-state index contributed by atoms with van der Waals surface area (Å²) in [5.74, 6) is 0. The molecule has 1 aromatic carbocycles. The normalized spacial score (nSPS) is 17.3. The van der Waals surface area contributed by atoms with Crippen molar-refractivity contribution in [3.05, 3.63) is 29.3 Å². The number of ether oxygens (including phenoxy) is 1. The van der Waals surface area contributed by atoms with E-state index in [4.69, 9.17) is 4.74 Å². The SMILES string of the molecule is Cc1ccc(CNC(C)C)cc1S(=O)(=O)N1CCOCC1. The first-order valence-corrected chi connectivity index (χ1v) is 8.76. The third-order valence-corrected chi connectivity index (χ3v) is 5.60. The topological polar surface area (TPSA) is 58.6 Å². The fourth-order valence-electron chi connectivity index (χ4n) is 2.28. The van der Waals surface area contributed by atoms with E-state index in [2.05, 4.69) is 19.2 Å². The zero-order valence-corrected chi connectivity index (χ0v) is 13.7. The number of morpholine rings is 1. The molecule has 5 nitrogen and oxygen atoms in total. The first-order chi connectivity index (χ1) is 9.91. The standard InChI is InChI=1S/C15H24N2O3S/c1-12(2)16-11-14-5-4-13(3)15(10-14)21(18,19)17-6-8-20-9-7-17/h4-5,10,12,16H,6-9,11H2,1-3H3. The van der Waals surface area contributed by atoms with Gasteiger partial charge in [0.25, 0.3) is 0 Å². The van der Waals surface area contributed by atoms with Crippen molar-refractivity contribution in [2.45, 2.75) is 38.3 Å². The summed E-state index contributed by atoms with van der Waals surface area (Å²) < 4.78 is 32.2. The molecule has 0 unspecified atom stereocenters. The van der Waals surface area contributed by atoms with Gasteiger partial charge in [-0.15, -0.1) is 0 Å². The lowest BCUT2D eigenvalue weighted by molar-refractivity contribution is 0.0730. The van der Waals surface area contributed by atoms with E-state index in [0.29, 0.717) is 43.8 Å². The molecule has 118 valence electrons. The molecule has 1 fully saturated rings. The van der Waals surface area contributed by atoms with Crippen LogP contribution in [0.3, 0.4) is 0 Å². The van der Waals surface area contributed by atoms with Crippen LogP contribution in [0.15, 0.2) is 23.1 Å². The van der Waals surface area contributed by atoms with Gasteiger partial charge < -0.3 is 10.1 Å². The van der Waals surface area contributed by atoms with Crippen molar-refractivity contribution in [1.29, 1.82) is 0 Å². The highest BCUT2D eigenvalue weighted by Crippen LogP contribution is 2.22. The summed E-state index contributed by atoms with van der Waals surface area (Å²) in [5, 5.41) is 3.31. The molecule has 1 heterocycles. The zero-order valence-electron chi connectivity index (χ0n) is 12.9. The van der Waals surface area contributed by atoms with Crippen LogP contribution >= 0.6 is 0 Å². The maximum absolute atomic E-state index is 12.7. The van der Waals surface area contributed by atoms with E-state index in [1.807, 2.05) is 19.1 Å². The van der Waals surface area contributed by atoms with Gasteiger partial charge in [-0.25, -0.2) is 8.42 Å². The van der Waals surface area contributed by atoms with Crippen molar-refractivity contribution in [3.8, 4) is 0 Å². The molecule has 1 N–H and O–H groups in total. The highest BCUT2D eigenvalue weighted by Gasteiger charge is 2.27. The van der Waals surface area contributed by atoms with Gasteiger partial charge >= 0.3 is 0 Å². The quantitative estimate of drug-likeness (QED) is 0.895. The van der Waals surface area contributed by atoms with Crippen molar-refractivity contribution < 1.29 is 13.2 Å². The molecule has 1 saturated heterocycles. The van der Waals surface area contributed by atoms with Crippen molar-refractivity contribution in [3.63, 3.8) is 0 Å². The lowest BCUT2D eigenvalue weighted by Crippen LogP contribution is -2.40. The van der Waals surface area contributed by atoms with Crippen LogP contribution in [0.4, 0.5) is 0 Å². The molecule has 1 aliphatic heterocycles. The van der Waals surface area contributed by atoms with Crippen LogP contribution in [-0.2, 0) is 21.3 Å². The molecule has 0 radical (unpaired) electrons. The van der Waals surface area contributed by atoms with Crippen LogP contribution in [0.1, 0.15) is 25.0 Å². The van der Waals surface area contributed by atoms with Crippen LogP contribution in [0.5, 0.6) is 0 Å². The summed E-state index contributed by atoms with van der Waals surface area (Å²) >= 11 is 0. The Balaban J connectivity index is 2.26. The maximum Gasteiger partial charge on any atom is 0.243 e. The van der Waals surface area contributed by atoms with Gasteiger partial charge in [-0.2, -0.15) is 4.31 Å². The number of rotatable bonds is 5. The first kappa shape index (κ1) is 16.4. The Morgan fingerprint density at radius 2 is 1.95 bits per heavy atom. The number of benzene rings is 1. The molecular formula is C15H24N2O3S. The number of sulfonamides is 1. The molecule has 1 aromatic rings. The van der Waals surface area contributed by atoms with Gasteiger partial charge in [-0.3, -0.25) is 0 Å². The second kappa shape index (κ2) is 6.87. The van der Waals surface area contributed by atoms with Crippen LogP contribution in [0, 0.1) is 6.92 Å². The van der Waals surface area contributed by atoms with Gasteiger partial charge in [-0.1, -0.05) is 26.0 Å². The average Bonchev–Trinajstić information content (AvgIpc) is 2.47. The zero-order chi connectivity index (χ0) is 15.5. The van der Waals surface area contributed by atoms with E-state index >= 15 is 0 Å². The van der Waals surface area contributed by atoms with Gasteiger partial charge in [-0.05, 0) is 24.1 Å². The molecule has 0 bridgehead atoms. The van der Waals surface area contributed by atoms with E-state index in [1.165, 1.54) is 4.31 Å². The summed E-state index contributed by atoms with van der Waals surface area (Å²) in [6, 6.07) is 6.01. The maximum atomic E-state index is 12.7. The highest BCUT2D eigenvalue weighted by molar-refractivity contribution is 7.89. The van der Waals surface area contributed by atoms with Crippen molar-refractivity contribution in [1.82, 2.24) is 9.62 Å². The van der Waals surface area contributed by atoms with Crippen molar-refractivity contribution in [2.75, 3.05) is 26.3 Å². The van der Waals surface area contributed by atoms with Gasteiger partial charge in [0, 0.05) is 25.7 Å². The van der Waals surface area contributed by atoms with Gasteiger partial charge in [0.1, 0.15) is 0 Å². The highest BCUT2D eigenvalue weighted by atomic mass is 32.2. The number of hydrogen-bond donors (Lipinski definition) is 1. The molecular weight excluding hydrogens is 288 g/mol. The van der Waals surface area contributed by atoms with Crippen LogP contribution < -0.4 is 5.32 Å². The monoisotopic (exact) mass is 312 g/mol. The molecule has 0 amide bonds. The lowest BCUT2D eigenvalue weighted by atomic mass is 10.1. The molecule has 21 heavy (non-hydrogen) atoms. The molecule has 0 spiro atoms. The smallest absolute Gasteiger partial charge is 0.243 e. The molecule has 1 aliphatic rings. The van der Waals surface area contributed by atoms with Gasteiger partial charge in [0.15, 0.2) is 0 Å². The molecule has 6 heteroatoms. The predicted octanol–water partition coefficient (Wildman–Crippen LogP) is 1.51. The van der Waals surface area contributed by atoms with E-state index in [0.717, 1.165) is 11.1 Å². The number of nitrogens with zero attached hydrogens (tertiary/aromatic N) is 1. The van der Waals surface area contributed by atoms with Crippen molar-refractivity contribution in [2.24, 2.45) is 0 Å². The van der Waals surface area contributed by atoms with E-state index in [9.17, 15) is 8.42 Å². The van der Waals surface area contributed by atoms with E-state index < -0.39 is 10.0 Å². The predicted molar refractivity (Wildman–Crippen MR) is 82.7 cm³/mol. The second-order valence-corrected chi connectivity index (χ2v) is 7.56. The Hall–Kier alpha value is -0.950. The third-order valence-electron chi connectivity index (χ3n) is 3.55. The summed E-state index contributed by atoms with van der Waals surface area (Å²) in [5.41, 5.74) is 1.77. The molecule has 2 rings (SSSR count). The fourth-order valence-corrected chi connectivity index (χ4v) is 3.96. The molecule has 0 atom stereocenters. The molecule has 0 saturated carbocycles. The van der Waals surface area contributed by atoms with Crippen LogP contribution in [-0.4, -0.2) is 45.1 Å². The Morgan fingerprint density at radius 1 is 1.29 bits per heavy atom. The summed E-state index contributed by atoms with van der Waals surface area (Å²) in [4.78, 5) is 0.410. The lowest BCUT2D eigenvalue weighted by Gasteiger charge is -2.27. The summed E-state index contributed by atoms with van der Waals surface area (Å²) in [7, 11) is -3.43. The Labute approximate surface area is 127 Å². The minimum absolute atomic E-state index is 0.366. The number of hydrogen-bond acceptors (Lipinski definition) is 4. The number of aryl methyl sites for hydroxylation is 1. The second-order valence-electron chi connectivity index (χ2n) is 5.65. The van der Waals surface area contributed by atoms with Crippen LogP contribution in [0.2, 0.25) is 0 Å². The molecule has 0 aliphatic carbocycles. The Kier molecular flexibility index (Phi) is 5.37. The number of nitrogens with one attached hydrogen (secondary N) is 1. The Bertz CT molecular complexity index is 579.